The molecule has 1 atom stereocenters. The molecule has 2 aromatic heterocycles. The number of nitrogen functional groups attached to an aromatic ring is 1. The molecule has 0 radical (unpaired) electrons. The number of anilines is 1. The average molecular weight is 631 g/mol. The fourth-order valence-corrected chi connectivity index (χ4v) is 5.77. The van der Waals surface area contributed by atoms with E-state index in [1.807, 2.05) is 24.3 Å². The molecule has 0 fully saturated rings. The molecule has 0 saturated carbocycles. The number of aromatic amines is 1. The molecule has 0 aliphatic rings. The summed E-state index contributed by atoms with van der Waals surface area (Å²) in [5.41, 5.74) is 6.60. The van der Waals surface area contributed by atoms with Gasteiger partial charge in [-0.05, 0) is 29.5 Å². The van der Waals surface area contributed by atoms with Crippen LogP contribution in [0.1, 0.15) is 39.2 Å². The summed E-state index contributed by atoms with van der Waals surface area (Å²) in [4.78, 5) is 34.7. The van der Waals surface area contributed by atoms with Gasteiger partial charge in [0, 0.05) is 23.2 Å². The number of ether oxygens (including phenoxy) is 1. The number of fused-ring (bicyclic) bond motifs is 1. The number of carbonyl (C=O) groups is 1. The molecule has 0 aliphatic carbocycles. The van der Waals surface area contributed by atoms with Gasteiger partial charge in [0.05, 0.1) is 26.1 Å². The van der Waals surface area contributed by atoms with E-state index in [0.717, 1.165) is 28.2 Å². The van der Waals surface area contributed by atoms with Gasteiger partial charge in [-0.15, -0.1) is 0 Å². The van der Waals surface area contributed by atoms with Crippen LogP contribution in [0.25, 0.3) is 11.2 Å². The Labute approximate surface area is 233 Å². The quantitative estimate of drug-likeness (QED) is 0.185. The van der Waals surface area contributed by atoms with E-state index < -0.39 is 13.2 Å². The first-order valence-electron chi connectivity index (χ1n) is 12.0. The Kier molecular flexibility index (Phi) is 11.1. The molecular weight excluding hydrogens is 597 g/mol. The van der Waals surface area contributed by atoms with E-state index in [1.54, 1.807) is 4.57 Å². The third-order valence-electron chi connectivity index (χ3n) is 5.25. The minimum Gasteiger partial charge on any atom is -0.369 e. The Hall–Kier alpha value is -2.02. The molecule has 0 aliphatic heterocycles. The molecule has 11 nitrogen and oxygen atoms in total. The van der Waals surface area contributed by atoms with Crippen LogP contribution in [-0.4, -0.2) is 49.9 Å². The summed E-state index contributed by atoms with van der Waals surface area (Å²) in [5, 5.41) is 0.0744. The minimum absolute atomic E-state index is 0.0150. The number of carbonyl (C=O) groups excluding carboxylic acids is 1. The molecular formula is C24H33BrN5O6PS. The lowest BCUT2D eigenvalue weighted by molar-refractivity contribution is -0.111. The van der Waals surface area contributed by atoms with E-state index in [2.05, 4.69) is 51.7 Å². The van der Waals surface area contributed by atoms with Crippen LogP contribution in [0.15, 0.2) is 39.9 Å². The summed E-state index contributed by atoms with van der Waals surface area (Å²) < 4.78 is 33.0. The zero-order chi connectivity index (χ0) is 27.8. The number of thioether (sulfide) groups is 1. The normalized spacial score (nSPS) is 13.6. The molecule has 3 rings (SSSR count). The summed E-state index contributed by atoms with van der Waals surface area (Å²) in [6.45, 7) is 6.83. The number of hydrogen-bond acceptors (Lipinski definition) is 10. The number of rotatable bonds is 14. The monoisotopic (exact) mass is 629 g/mol. The van der Waals surface area contributed by atoms with Gasteiger partial charge >= 0.3 is 7.60 Å². The molecule has 2 heterocycles. The molecule has 0 amide bonds. The number of nitrogens with zero attached hydrogens (tertiary/aromatic N) is 3. The summed E-state index contributed by atoms with van der Waals surface area (Å²) in [7, 11) is -3.65. The third kappa shape index (κ3) is 9.94. The molecule has 38 heavy (non-hydrogen) atoms. The largest absolute Gasteiger partial charge is 0.369 e. The topological polar surface area (TPSA) is 151 Å². The van der Waals surface area contributed by atoms with Crippen molar-refractivity contribution in [3.63, 3.8) is 0 Å². The van der Waals surface area contributed by atoms with Crippen molar-refractivity contribution < 1.29 is 23.1 Å². The summed E-state index contributed by atoms with van der Waals surface area (Å²) >= 11 is 4.57. The standard InChI is InChI=1S/C24H33BrN5O6PS/c1-24(2,3)8-7-19(31)38-12-11-35-37(33,36-14-17-5-4-6-18(25)13-17)16-34-10-9-30-15-27-20-21(30)28-23(26)29-22(20)32/h4-6,13,15H,7-12,14,16H2,1-3H3,(H3,26,28,29,32). The van der Waals surface area contributed by atoms with Crippen molar-refractivity contribution >= 4 is 57.5 Å². The first-order chi connectivity index (χ1) is 17.9. The van der Waals surface area contributed by atoms with E-state index in [1.165, 1.54) is 6.33 Å². The van der Waals surface area contributed by atoms with Crippen molar-refractivity contribution in [3.05, 3.63) is 51.0 Å². The second-order valence-electron chi connectivity index (χ2n) is 9.73. The summed E-state index contributed by atoms with van der Waals surface area (Å²) in [6.07, 6.45) is 2.45. The molecule has 0 bridgehead atoms. The Morgan fingerprint density at radius 3 is 2.79 bits per heavy atom. The van der Waals surface area contributed by atoms with Gasteiger partial charge in [0.2, 0.25) is 5.95 Å². The van der Waals surface area contributed by atoms with Gasteiger partial charge in [-0.1, -0.05) is 60.6 Å². The van der Waals surface area contributed by atoms with Crippen molar-refractivity contribution in [2.24, 2.45) is 5.41 Å². The van der Waals surface area contributed by atoms with Gasteiger partial charge in [0.1, 0.15) is 6.35 Å². The fourth-order valence-electron chi connectivity index (χ4n) is 3.27. The van der Waals surface area contributed by atoms with Crippen molar-refractivity contribution in [1.82, 2.24) is 19.5 Å². The van der Waals surface area contributed by atoms with E-state index >= 15 is 0 Å². The van der Waals surface area contributed by atoms with Gasteiger partial charge in [0.15, 0.2) is 16.3 Å². The van der Waals surface area contributed by atoms with Crippen molar-refractivity contribution in [2.75, 3.05) is 31.0 Å². The zero-order valence-corrected chi connectivity index (χ0v) is 24.9. The SMILES string of the molecule is CC(C)(C)CCC(=O)SCCOP(=O)(COCCn1cnc2c(=O)[nH]c(N)nc21)OCc1cccc(Br)c1. The number of aromatic nitrogens is 4. The highest BCUT2D eigenvalue weighted by atomic mass is 79.9. The predicted molar refractivity (Wildman–Crippen MR) is 152 cm³/mol. The molecule has 1 unspecified atom stereocenters. The number of hydrogen-bond donors (Lipinski definition) is 2. The fraction of sp³-hybridized carbons (Fsp3) is 0.500. The lowest BCUT2D eigenvalue weighted by atomic mass is 9.91. The van der Waals surface area contributed by atoms with Crippen LogP contribution in [0, 0.1) is 5.41 Å². The van der Waals surface area contributed by atoms with E-state index in [-0.39, 0.29) is 54.7 Å². The number of imidazole rings is 1. The number of nitrogens with one attached hydrogen (secondary N) is 1. The van der Waals surface area contributed by atoms with Crippen LogP contribution in [0.2, 0.25) is 0 Å². The van der Waals surface area contributed by atoms with Crippen LogP contribution in [-0.2, 0) is 36.3 Å². The van der Waals surface area contributed by atoms with Crippen LogP contribution in [0.4, 0.5) is 5.95 Å². The van der Waals surface area contributed by atoms with Gasteiger partial charge in [-0.25, -0.2) is 4.98 Å². The van der Waals surface area contributed by atoms with Gasteiger partial charge in [-0.2, -0.15) is 4.98 Å². The maximum Gasteiger partial charge on any atom is 0.356 e. The van der Waals surface area contributed by atoms with Gasteiger partial charge < -0.3 is 24.1 Å². The second kappa shape index (κ2) is 13.9. The summed E-state index contributed by atoms with van der Waals surface area (Å²) in [5.74, 6) is 0.342. The lowest BCUT2D eigenvalue weighted by Gasteiger charge is -2.19. The van der Waals surface area contributed by atoms with Crippen LogP contribution in [0.5, 0.6) is 0 Å². The number of H-pyrrole nitrogens is 1. The average Bonchev–Trinajstić information content (AvgIpc) is 3.25. The Morgan fingerprint density at radius 1 is 1.26 bits per heavy atom. The number of halogens is 1. The maximum absolute atomic E-state index is 13.5. The Bertz CT molecular complexity index is 1340. The Balaban J connectivity index is 1.54. The van der Waals surface area contributed by atoms with Crippen LogP contribution in [0.3, 0.4) is 0 Å². The minimum atomic E-state index is -3.65. The zero-order valence-electron chi connectivity index (χ0n) is 21.6. The number of nitrogens with two attached hydrogens (primary N) is 1. The van der Waals surface area contributed by atoms with Crippen molar-refractivity contribution in [2.45, 2.75) is 46.8 Å². The van der Waals surface area contributed by atoms with Crippen molar-refractivity contribution in [1.29, 1.82) is 0 Å². The van der Waals surface area contributed by atoms with E-state index in [4.69, 9.17) is 19.5 Å². The molecule has 0 spiro atoms. The highest BCUT2D eigenvalue weighted by Gasteiger charge is 2.26. The molecule has 14 heteroatoms. The first-order valence-corrected chi connectivity index (χ1v) is 15.5. The van der Waals surface area contributed by atoms with E-state index in [9.17, 15) is 14.2 Å². The van der Waals surface area contributed by atoms with Crippen molar-refractivity contribution in [3.8, 4) is 0 Å². The molecule has 1 aromatic carbocycles. The van der Waals surface area contributed by atoms with Gasteiger partial charge in [0.25, 0.3) is 5.56 Å². The predicted octanol–water partition coefficient (Wildman–Crippen LogP) is 4.95. The number of benzene rings is 1. The maximum atomic E-state index is 13.5. The smallest absolute Gasteiger partial charge is 0.356 e. The Morgan fingerprint density at radius 2 is 2.05 bits per heavy atom. The van der Waals surface area contributed by atoms with E-state index in [0.29, 0.717) is 17.8 Å². The summed E-state index contributed by atoms with van der Waals surface area (Å²) in [6, 6.07) is 7.45. The first kappa shape index (κ1) is 30.5. The highest BCUT2D eigenvalue weighted by molar-refractivity contribution is 9.10. The molecule has 208 valence electrons. The van der Waals surface area contributed by atoms with Crippen LogP contribution >= 0.6 is 35.3 Å². The lowest BCUT2D eigenvalue weighted by Crippen LogP contribution is -2.13. The highest BCUT2D eigenvalue weighted by Crippen LogP contribution is 2.49. The van der Waals surface area contributed by atoms with Gasteiger partial charge in [-0.3, -0.25) is 19.1 Å². The van der Waals surface area contributed by atoms with Crippen LogP contribution < -0.4 is 11.3 Å². The molecule has 0 saturated heterocycles. The third-order valence-corrected chi connectivity index (χ3v) is 8.24. The molecule has 3 N–H and O–H groups in total. The molecule has 3 aromatic rings. The second-order valence-corrected chi connectivity index (χ2v) is 13.8.